The van der Waals surface area contributed by atoms with Crippen molar-refractivity contribution in [3.05, 3.63) is 28.7 Å². The van der Waals surface area contributed by atoms with Crippen molar-refractivity contribution in [2.75, 3.05) is 0 Å². The first-order chi connectivity index (χ1) is 11.4. The molecule has 0 amide bonds. The number of hydrogen-bond acceptors (Lipinski definition) is 5. The molecule has 3 rings (SSSR count). The van der Waals surface area contributed by atoms with Crippen molar-refractivity contribution in [3.63, 3.8) is 0 Å². The monoisotopic (exact) mass is 412 g/mol. The van der Waals surface area contributed by atoms with Crippen LogP contribution in [0.15, 0.2) is 33.6 Å². The van der Waals surface area contributed by atoms with E-state index in [1.807, 2.05) is 18.2 Å². The number of rotatable bonds is 3. The Morgan fingerprint density at radius 1 is 1.08 bits per heavy atom. The SMILES string of the molecule is CC1(C)OC(=O)C([C@H]2CCCC[C@@H]2Sc2ccccc2Br)C(=O)O1. The summed E-state index contributed by atoms with van der Waals surface area (Å²) in [4.78, 5) is 26.0. The van der Waals surface area contributed by atoms with Crippen molar-refractivity contribution in [3.8, 4) is 0 Å². The second kappa shape index (κ2) is 7.08. The Kier molecular flexibility index (Phi) is 5.25. The summed E-state index contributed by atoms with van der Waals surface area (Å²) >= 11 is 5.31. The van der Waals surface area contributed by atoms with E-state index in [0.29, 0.717) is 0 Å². The molecule has 1 heterocycles. The Labute approximate surface area is 154 Å². The van der Waals surface area contributed by atoms with Crippen LogP contribution in [0.25, 0.3) is 0 Å². The van der Waals surface area contributed by atoms with Crippen LogP contribution in [-0.4, -0.2) is 23.0 Å². The average Bonchev–Trinajstić information content (AvgIpc) is 2.49. The van der Waals surface area contributed by atoms with Gasteiger partial charge in [0.15, 0.2) is 5.92 Å². The molecule has 1 aliphatic carbocycles. The third-order valence-electron chi connectivity index (χ3n) is 4.50. The highest BCUT2D eigenvalue weighted by Crippen LogP contribution is 2.44. The number of ether oxygens (including phenoxy) is 2. The van der Waals surface area contributed by atoms with Crippen molar-refractivity contribution >= 4 is 39.6 Å². The van der Waals surface area contributed by atoms with E-state index in [1.165, 1.54) is 0 Å². The van der Waals surface area contributed by atoms with Gasteiger partial charge < -0.3 is 9.47 Å². The van der Waals surface area contributed by atoms with Crippen molar-refractivity contribution in [1.82, 2.24) is 0 Å². The summed E-state index contributed by atoms with van der Waals surface area (Å²) in [6.07, 6.45) is 3.97. The minimum Gasteiger partial charge on any atom is -0.422 e. The van der Waals surface area contributed by atoms with Crippen molar-refractivity contribution < 1.29 is 19.1 Å². The first-order valence-corrected chi connectivity index (χ1v) is 9.91. The molecule has 1 saturated heterocycles. The van der Waals surface area contributed by atoms with Gasteiger partial charge in [0.25, 0.3) is 5.79 Å². The number of cyclic esters (lactones) is 2. The second-order valence-electron chi connectivity index (χ2n) is 6.75. The van der Waals surface area contributed by atoms with Gasteiger partial charge in [-0.15, -0.1) is 11.8 Å². The quantitative estimate of drug-likeness (QED) is 0.538. The lowest BCUT2D eigenvalue weighted by Crippen LogP contribution is -2.50. The fourth-order valence-corrected chi connectivity index (χ4v) is 5.42. The highest BCUT2D eigenvalue weighted by Gasteiger charge is 2.49. The van der Waals surface area contributed by atoms with Gasteiger partial charge in [-0.05, 0) is 46.8 Å². The van der Waals surface area contributed by atoms with Crippen molar-refractivity contribution in [1.29, 1.82) is 0 Å². The summed E-state index contributed by atoms with van der Waals surface area (Å²) in [5, 5.41) is 0.198. The topological polar surface area (TPSA) is 52.6 Å². The molecular weight excluding hydrogens is 392 g/mol. The van der Waals surface area contributed by atoms with E-state index in [0.717, 1.165) is 35.1 Å². The maximum atomic E-state index is 12.4. The van der Waals surface area contributed by atoms with E-state index in [4.69, 9.17) is 9.47 Å². The number of halogens is 1. The number of esters is 2. The third kappa shape index (κ3) is 3.80. The van der Waals surface area contributed by atoms with Gasteiger partial charge in [-0.3, -0.25) is 9.59 Å². The summed E-state index contributed by atoms with van der Waals surface area (Å²) < 4.78 is 11.7. The van der Waals surface area contributed by atoms with Gasteiger partial charge in [-0.2, -0.15) is 0 Å². The molecule has 0 spiro atoms. The molecule has 2 fully saturated rings. The molecule has 6 heteroatoms. The second-order valence-corrected chi connectivity index (χ2v) is 8.89. The number of carbonyl (C=O) groups is 2. The number of carbonyl (C=O) groups excluding carboxylic acids is 2. The molecule has 0 N–H and O–H groups in total. The summed E-state index contributed by atoms with van der Waals surface area (Å²) in [5.74, 6) is -2.91. The fourth-order valence-electron chi connectivity index (χ4n) is 3.43. The van der Waals surface area contributed by atoms with E-state index in [1.54, 1.807) is 25.6 Å². The third-order valence-corrected chi connectivity index (χ3v) is 6.95. The maximum Gasteiger partial charge on any atom is 0.323 e. The highest BCUT2D eigenvalue weighted by atomic mass is 79.9. The lowest BCUT2D eigenvalue weighted by Gasteiger charge is -2.40. The Morgan fingerprint density at radius 2 is 1.71 bits per heavy atom. The molecule has 24 heavy (non-hydrogen) atoms. The minimum absolute atomic E-state index is 0.0491. The van der Waals surface area contributed by atoms with Crippen LogP contribution < -0.4 is 0 Å². The summed E-state index contributed by atoms with van der Waals surface area (Å²) in [6.45, 7) is 3.18. The van der Waals surface area contributed by atoms with Crippen LogP contribution in [0.4, 0.5) is 0 Å². The Balaban J connectivity index is 1.81. The zero-order chi connectivity index (χ0) is 17.3. The van der Waals surface area contributed by atoms with Crippen LogP contribution in [0.1, 0.15) is 39.5 Å². The number of thioether (sulfide) groups is 1. The summed E-state index contributed by atoms with van der Waals surface area (Å²) in [7, 11) is 0. The maximum absolute atomic E-state index is 12.4. The van der Waals surface area contributed by atoms with E-state index in [9.17, 15) is 9.59 Å². The Bertz CT molecular complexity index is 626. The lowest BCUT2D eigenvalue weighted by atomic mass is 9.79. The molecule has 1 aliphatic heterocycles. The van der Waals surface area contributed by atoms with Crippen LogP contribution in [-0.2, 0) is 19.1 Å². The predicted molar refractivity (Wildman–Crippen MR) is 95.5 cm³/mol. The first-order valence-electron chi connectivity index (χ1n) is 8.24. The van der Waals surface area contributed by atoms with Crippen LogP contribution in [0, 0.1) is 11.8 Å². The molecule has 1 aromatic carbocycles. The summed E-state index contributed by atoms with van der Waals surface area (Å²) in [6, 6.07) is 8.04. The highest BCUT2D eigenvalue weighted by molar-refractivity contribution is 9.10. The van der Waals surface area contributed by atoms with E-state index in [-0.39, 0.29) is 11.2 Å². The molecule has 0 aromatic heterocycles. The van der Waals surface area contributed by atoms with Crippen molar-refractivity contribution in [2.45, 2.75) is 55.5 Å². The van der Waals surface area contributed by atoms with Crippen molar-refractivity contribution in [2.24, 2.45) is 11.8 Å². The average molecular weight is 413 g/mol. The Morgan fingerprint density at radius 3 is 2.38 bits per heavy atom. The normalized spacial score (nSPS) is 27.5. The van der Waals surface area contributed by atoms with Gasteiger partial charge in [0.2, 0.25) is 0 Å². The van der Waals surface area contributed by atoms with Crippen LogP contribution in [0.3, 0.4) is 0 Å². The van der Waals surface area contributed by atoms with Gasteiger partial charge in [-0.25, -0.2) is 0 Å². The molecule has 1 aromatic rings. The molecule has 2 atom stereocenters. The van der Waals surface area contributed by atoms with Crippen LogP contribution in [0.5, 0.6) is 0 Å². The zero-order valence-electron chi connectivity index (χ0n) is 13.8. The molecule has 4 nitrogen and oxygen atoms in total. The van der Waals surface area contributed by atoms with Crippen LogP contribution in [0.2, 0.25) is 0 Å². The molecule has 0 bridgehead atoms. The molecule has 1 saturated carbocycles. The lowest BCUT2D eigenvalue weighted by molar-refractivity contribution is -0.243. The van der Waals surface area contributed by atoms with E-state index >= 15 is 0 Å². The first kappa shape index (κ1) is 17.8. The molecule has 0 unspecified atom stereocenters. The number of hydrogen-bond donors (Lipinski definition) is 0. The molecule has 2 aliphatic rings. The van der Waals surface area contributed by atoms with Gasteiger partial charge in [0.05, 0.1) is 0 Å². The molecule has 130 valence electrons. The smallest absolute Gasteiger partial charge is 0.323 e. The van der Waals surface area contributed by atoms with E-state index < -0.39 is 23.6 Å². The zero-order valence-corrected chi connectivity index (χ0v) is 16.2. The Hall–Kier alpha value is -1.01. The predicted octanol–water partition coefficient (Wildman–Crippen LogP) is 4.55. The van der Waals surface area contributed by atoms with Gasteiger partial charge in [-0.1, -0.05) is 25.0 Å². The van der Waals surface area contributed by atoms with Crippen LogP contribution >= 0.6 is 27.7 Å². The molecule has 0 radical (unpaired) electrons. The minimum atomic E-state index is -1.16. The van der Waals surface area contributed by atoms with Gasteiger partial charge in [0.1, 0.15) is 0 Å². The number of benzene rings is 1. The molecular formula is C18H21BrO4S. The summed E-state index contributed by atoms with van der Waals surface area (Å²) in [5.41, 5.74) is 0. The van der Waals surface area contributed by atoms with Gasteiger partial charge >= 0.3 is 11.9 Å². The fraction of sp³-hybridized carbons (Fsp3) is 0.556. The van der Waals surface area contributed by atoms with E-state index in [2.05, 4.69) is 22.0 Å². The standard InChI is InChI=1S/C18H21BrO4S/c1-18(2)22-16(20)15(17(21)23-18)11-7-3-5-9-13(11)24-14-10-6-4-8-12(14)19/h4,6,8,10-11,13,15H,3,5,7,9H2,1-2H3/t11-,13-/m0/s1. The van der Waals surface area contributed by atoms with Gasteiger partial charge in [0, 0.05) is 28.5 Å². The largest absolute Gasteiger partial charge is 0.422 e.